The van der Waals surface area contributed by atoms with Gasteiger partial charge in [-0.05, 0) is 24.1 Å². The highest BCUT2D eigenvalue weighted by molar-refractivity contribution is 5.29. The summed E-state index contributed by atoms with van der Waals surface area (Å²) in [5, 5.41) is 9.08. The van der Waals surface area contributed by atoms with E-state index in [4.69, 9.17) is 14.6 Å². The fraction of sp³-hybridized carbons (Fsp3) is 0.571. The molecule has 20 heavy (non-hydrogen) atoms. The Hall–Kier alpha value is -1.24. The molecule has 0 fully saturated rings. The number of benzene rings is 1. The minimum Gasteiger partial charge on any atom is -0.503 e. The molecule has 0 saturated carbocycles. The Balaban J connectivity index is 2.67. The first-order chi connectivity index (χ1) is 9.58. The van der Waals surface area contributed by atoms with Gasteiger partial charge in [-0.25, -0.2) is 8.78 Å². The third kappa shape index (κ3) is 5.40. The van der Waals surface area contributed by atoms with Gasteiger partial charge in [0.1, 0.15) is 0 Å². The summed E-state index contributed by atoms with van der Waals surface area (Å²) >= 11 is 0. The number of rotatable bonds is 9. The zero-order valence-electron chi connectivity index (χ0n) is 11.9. The van der Waals surface area contributed by atoms with Gasteiger partial charge in [0.25, 0.3) is 0 Å². The zero-order valence-corrected chi connectivity index (χ0v) is 11.9. The van der Waals surface area contributed by atoms with Crippen molar-refractivity contribution in [2.75, 3.05) is 40.5 Å². The van der Waals surface area contributed by atoms with Crippen molar-refractivity contribution in [3.8, 4) is 5.75 Å². The lowest BCUT2D eigenvalue weighted by Crippen LogP contribution is -2.28. The van der Waals surface area contributed by atoms with E-state index in [-0.39, 0.29) is 0 Å². The largest absolute Gasteiger partial charge is 0.503 e. The van der Waals surface area contributed by atoms with Gasteiger partial charge in [-0.15, -0.1) is 0 Å². The second kappa shape index (κ2) is 8.84. The number of phenolic OH excluding ortho intramolecular Hbond substituents is 1. The molecule has 6 heteroatoms. The molecule has 1 aromatic carbocycles. The average Bonchev–Trinajstić information content (AvgIpc) is 2.42. The highest BCUT2D eigenvalue weighted by Crippen LogP contribution is 2.22. The highest BCUT2D eigenvalue weighted by atomic mass is 19.1. The van der Waals surface area contributed by atoms with Crippen molar-refractivity contribution >= 4 is 0 Å². The predicted octanol–water partition coefficient (Wildman–Crippen LogP) is 2.16. The Kier molecular flexibility index (Phi) is 7.43. The third-order valence-electron chi connectivity index (χ3n) is 2.92. The Morgan fingerprint density at radius 1 is 1.05 bits per heavy atom. The van der Waals surface area contributed by atoms with Crippen molar-refractivity contribution in [1.29, 1.82) is 0 Å². The van der Waals surface area contributed by atoms with Crippen molar-refractivity contribution < 1.29 is 23.4 Å². The molecule has 0 amide bonds. The van der Waals surface area contributed by atoms with Gasteiger partial charge in [0.2, 0.25) is 0 Å². The molecule has 0 atom stereocenters. The number of phenols is 1. The summed E-state index contributed by atoms with van der Waals surface area (Å²) in [7, 11) is 3.23. The lowest BCUT2D eigenvalue weighted by atomic mass is 10.2. The lowest BCUT2D eigenvalue weighted by molar-refractivity contribution is 0.129. The molecular weight excluding hydrogens is 268 g/mol. The molecule has 0 unspecified atom stereocenters. The van der Waals surface area contributed by atoms with E-state index in [2.05, 4.69) is 0 Å². The Morgan fingerprint density at radius 2 is 1.65 bits per heavy atom. The van der Waals surface area contributed by atoms with Crippen LogP contribution in [0.1, 0.15) is 12.0 Å². The number of nitrogens with zero attached hydrogens (tertiary/aromatic N) is 1. The minimum absolute atomic E-state index is 0.390. The molecule has 1 N–H and O–H groups in total. The van der Waals surface area contributed by atoms with E-state index in [9.17, 15) is 8.78 Å². The molecule has 0 aliphatic carbocycles. The molecule has 0 radical (unpaired) electrons. The first-order valence-corrected chi connectivity index (χ1v) is 6.45. The molecule has 1 aromatic rings. The maximum atomic E-state index is 13.3. The van der Waals surface area contributed by atoms with Crippen molar-refractivity contribution in [1.82, 2.24) is 4.90 Å². The highest BCUT2D eigenvalue weighted by Gasteiger charge is 2.12. The lowest BCUT2D eigenvalue weighted by Gasteiger charge is -2.22. The van der Waals surface area contributed by atoms with Crippen LogP contribution in [0.15, 0.2) is 12.1 Å². The van der Waals surface area contributed by atoms with Crippen molar-refractivity contribution in [2.24, 2.45) is 0 Å². The first kappa shape index (κ1) is 16.8. The van der Waals surface area contributed by atoms with Gasteiger partial charge in [0.05, 0.1) is 6.61 Å². The van der Waals surface area contributed by atoms with Crippen LogP contribution in [0.25, 0.3) is 0 Å². The van der Waals surface area contributed by atoms with Gasteiger partial charge in [-0.3, -0.25) is 4.90 Å². The van der Waals surface area contributed by atoms with Gasteiger partial charge in [0.15, 0.2) is 17.4 Å². The molecule has 1 rings (SSSR count). The molecule has 0 aromatic heterocycles. The van der Waals surface area contributed by atoms with Gasteiger partial charge >= 0.3 is 0 Å². The summed E-state index contributed by atoms with van der Waals surface area (Å²) in [6.07, 6.45) is 0.823. The van der Waals surface area contributed by atoms with Gasteiger partial charge in [0, 0.05) is 40.5 Å². The summed E-state index contributed by atoms with van der Waals surface area (Å²) < 4.78 is 36.6. The van der Waals surface area contributed by atoms with Crippen LogP contribution in [0.2, 0.25) is 0 Å². The maximum absolute atomic E-state index is 13.3. The number of hydrogen-bond donors (Lipinski definition) is 1. The second-order valence-electron chi connectivity index (χ2n) is 4.52. The van der Waals surface area contributed by atoms with E-state index in [0.717, 1.165) is 25.1 Å². The molecule has 0 heterocycles. The van der Waals surface area contributed by atoms with Crippen LogP contribution in [0.5, 0.6) is 5.75 Å². The number of hydrogen-bond acceptors (Lipinski definition) is 4. The van der Waals surface area contributed by atoms with Gasteiger partial charge in [-0.2, -0.15) is 0 Å². The summed E-state index contributed by atoms with van der Waals surface area (Å²) in [5.41, 5.74) is 0.478. The van der Waals surface area contributed by atoms with Crippen molar-refractivity contribution in [3.05, 3.63) is 29.3 Å². The predicted molar refractivity (Wildman–Crippen MR) is 71.7 cm³/mol. The zero-order chi connectivity index (χ0) is 15.0. The fourth-order valence-corrected chi connectivity index (χ4v) is 1.89. The van der Waals surface area contributed by atoms with E-state index in [1.165, 1.54) is 0 Å². The van der Waals surface area contributed by atoms with E-state index in [1.807, 2.05) is 4.90 Å². The molecule has 114 valence electrons. The van der Waals surface area contributed by atoms with Crippen LogP contribution < -0.4 is 0 Å². The van der Waals surface area contributed by atoms with Crippen LogP contribution in [-0.2, 0) is 16.0 Å². The van der Waals surface area contributed by atoms with Gasteiger partial charge < -0.3 is 14.6 Å². The molecule has 0 spiro atoms. The Bertz CT molecular complexity index is 392. The van der Waals surface area contributed by atoms with Crippen LogP contribution in [0.3, 0.4) is 0 Å². The van der Waals surface area contributed by atoms with E-state index in [1.54, 1.807) is 14.2 Å². The van der Waals surface area contributed by atoms with Crippen LogP contribution in [0, 0.1) is 11.6 Å². The number of methoxy groups -OCH3 is 2. The van der Waals surface area contributed by atoms with Crippen molar-refractivity contribution in [3.63, 3.8) is 0 Å². The topological polar surface area (TPSA) is 41.9 Å². The van der Waals surface area contributed by atoms with Crippen molar-refractivity contribution in [2.45, 2.75) is 13.0 Å². The normalized spacial score (nSPS) is 11.2. The fourth-order valence-electron chi connectivity index (χ4n) is 1.89. The minimum atomic E-state index is -0.941. The quantitative estimate of drug-likeness (QED) is 0.707. The second-order valence-corrected chi connectivity index (χ2v) is 4.52. The molecule has 0 bridgehead atoms. The molecule has 0 aliphatic rings. The van der Waals surface area contributed by atoms with E-state index < -0.39 is 17.4 Å². The van der Waals surface area contributed by atoms with Gasteiger partial charge in [-0.1, -0.05) is 0 Å². The summed E-state index contributed by atoms with van der Waals surface area (Å²) in [5.74, 6) is -2.82. The summed E-state index contributed by atoms with van der Waals surface area (Å²) in [6.45, 7) is 2.95. The summed E-state index contributed by atoms with van der Waals surface area (Å²) in [4.78, 5) is 2.02. The molecule has 4 nitrogen and oxygen atoms in total. The van der Waals surface area contributed by atoms with Crippen LogP contribution in [0.4, 0.5) is 8.78 Å². The summed E-state index contributed by atoms with van der Waals surface area (Å²) in [6, 6.07) is 2.29. The monoisotopic (exact) mass is 289 g/mol. The van der Waals surface area contributed by atoms with Crippen LogP contribution in [-0.4, -0.2) is 50.5 Å². The molecule has 0 aliphatic heterocycles. The number of halogens is 2. The molecular formula is C14H21F2NO3. The Morgan fingerprint density at radius 3 is 2.20 bits per heavy atom. The smallest absolute Gasteiger partial charge is 0.187 e. The van der Waals surface area contributed by atoms with Crippen LogP contribution >= 0.6 is 0 Å². The Labute approximate surface area is 117 Å². The first-order valence-electron chi connectivity index (χ1n) is 6.45. The van der Waals surface area contributed by atoms with E-state index >= 15 is 0 Å². The number of ether oxygens (including phenoxy) is 2. The maximum Gasteiger partial charge on any atom is 0.187 e. The molecule has 0 saturated heterocycles. The van der Waals surface area contributed by atoms with E-state index in [0.29, 0.717) is 31.9 Å². The number of aromatic hydroxyl groups is 1. The average molecular weight is 289 g/mol. The SMILES string of the molecule is COCCCN(CCOC)Cc1cc(F)c(O)c(F)c1. The standard InChI is InChI=1S/C14H21F2NO3/c1-19-6-3-4-17(5-7-20-2)10-11-8-12(15)14(18)13(16)9-11/h8-9,18H,3-7,10H2,1-2H3. The third-order valence-corrected chi connectivity index (χ3v) is 2.92.